The van der Waals surface area contributed by atoms with Crippen LogP contribution in [0.5, 0.6) is 0 Å². The molecule has 0 fully saturated rings. The normalized spacial score (nSPS) is 10.3. The SMILES string of the molecule is CCN(c1cccc(C)c1)c1ccc(C(=N)N)cc1F. The maximum atomic E-state index is 14.2. The predicted octanol–water partition coefficient (Wildman–Crippen LogP) is 3.58. The van der Waals surface area contributed by atoms with E-state index in [9.17, 15) is 4.39 Å². The van der Waals surface area contributed by atoms with E-state index in [-0.39, 0.29) is 11.7 Å². The van der Waals surface area contributed by atoms with Crippen molar-refractivity contribution >= 4 is 17.2 Å². The molecule has 2 aromatic carbocycles. The van der Waals surface area contributed by atoms with Gasteiger partial charge in [-0.1, -0.05) is 12.1 Å². The molecule has 0 saturated heterocycles. The van der Waals surface area contributed by atoms with Gasteiger partial charge in [0, 0.05) is 17.8 Å². The number of nitrogens with two attached hydrogens (primary N) is 1. The number of halogens is 1. The Labute approximate surface area is 118 Å². The average Bonchev–Trinajstić information content (AvgIpc) is 2.41. The van der Waals surface area contributed by atoms with Crippen LogP contribution in [0.4, 0.5) is 15.8 Å². The van der Waals surface area contributed by atoms with Crippen molar-refractivity contribution in [2.45, 2.75) is 13.8 Å². The summed E-state index contributed by atoms with van der Waals surface area (Å²) in [6.45, 7) is 4.63. The first-order valence-corrected chi connectivity index (χ1v) is 6.51. The topological polar surface area (TPSA) is 53.1 Å². The smallest absolute Gasteiger partial charge is 0.147 e. The van der Waals surface area contributed by atoms with Gasteiger partial charge < -0.3 is 10.6 Å². The van der Waals surface area contributed by atoms with Crippen molar-refractivity contribution in [2.75, 3.05) is 11.4 Å². The van der Waals surface area contributed by atoms with Gasteiger partial charge in [0.25, 0.3) is 0 Å². The number of benzene rings is 2. The van der Waals surface area contributed by atoms with Crippen molar-refractivity contribution in [1.82, 2.24) is 0 Å². The molecule has 4 heteroatoms. The van der Waals surface area contributed by atoms with Gasteiger partial charge in [0.2, 0.25) is 0 Å². The molecule has 0 unspecified atom stereocenters. The Hall–Kier alpha value is -2.36. The van der Waals surface area contributed by atoms with E-state index in [1.807, 2.05) is 43.0 Å². The van der Waals surface area contributed by atoms with E-state index in [1.165, 1.54) is 6.07 Å². The van der Waals surface area contributed by atoms with Crippen LogP contribution in [0.2, 0.25) is 0 Å². The first-order valence-electron chi connectivity index (χ1n) is 6.51. The zero-order valence-electron chi connectivity index (χ0n) is 11.7. The van der Waals surface area contributed by atoms with Crippen molar-refractivity contribution in [3.8, 4) is 0 Å². The van der Waals surface area contributed by atoms with Crippen molar-refractivity contribution in [2.24, 2.45) is 5.73 Å². The Morgan fingerprint density at radius 1 is 1.25 bits per heavy atom. The third-order valence-electron chi connectivity index (χ3n) is 3.18. The summed E-state index contributed by atoms with van der Waals surface area (Å²) in [6.07, 6.45) is 0. The maximum absolute atomic E-state index is 14.2. The Balaban J connectivity index is 2.44. The zero-order valence-corrected chi connectivity index (χ0v) is 11.7. The van der Waals surface area contributed by atoms with Crippen molar-refractivity contribution in [1.29, 1.82) is 5.41 Å². The zero-order chi connectivity index (χ0) is 14.7. The van der Waals surface area contributed by atoms with E-state index in [1.54, 1.807) is 12.1 Å². The van der Waals surface area contributed by atoms with E-state index in [0.717, 1.165) is 11.3 Å². The predicted molar refractivity (Wildman–Crippen MR) is 81.3 cm³/mol. The van der Waals surface area contributed by atoms with Crippen LogP contribution in [0.3, 0.4) is 0 Å². The van der Waals surface area contributed by atoms with E-state index >= 15 is 0 Å². The lowest BCUT2D eigenvalue weighted by Gasteiger charge is -2.24. The van der Waals surface area contributed by atoms with Crippen LogP contribution in [-0.4, -0.2) is 12.4 Å². The number of amidine groups is 1. The minimum atomic E-state index is -0.374. The van der Waals surface area contributed by atoms with Crippen molar-refractivity contribution in [3.05, 3.63) is 59.4 Å². The van der Waals surface area contributed by atoms with E-state index in [0.29, 0.717) is 17.8 Å². The lowest BCUT2D eigenvalue weighted by molar-refractivity contribution is 0.625. The molecular formula is C16H18FN3. The molecule has 0 saturated carbocycles. The van der Waals surface area contributed by atoms with E-state index in [4.69, 9.17) is 11.1 Å². The molecule has 0 bridgehead atoms. The first-order chi connectivity index (χ1) is 9.52. The van der Waals surface area contributed by atoms with Crippen LogP contribution in [0, 0.1) is 18.2 Å². The number of rotatable bonds is 4. The standard InChI is InChI=1S/C16H18FN3/c1-3-20(13-6-4-5-11(2)9-13)15-8-7-12(16(18)19)10-14(15)17/h4-10H,3H2,1-2H3,(H3,18,19). The Morgan fingerprint density at radius 3 is 2.55 bits per heavy atom. The molecule has 2 aromatic rings. The van der Waals surface area contributed by atoms with E-state index < -0.39 is 0 Å². The van der Waals surface area contributed by atoms with Crippen LogP contribution < -0.4 is 10.6 Å². The summed E-state index contributed by atoms with van der Waals surface area (Å²) in [5.74, 6) is -0.505. The van der Waals surface area contributed by atoms with Crippen LogP contribution >= 0.6 is 0 Å². The summed E-state index contributed by atoms with van der Waals surface area (Å²) >= 11 is 0. The first kappa shape index (κ1) is 14.1. The molecule has 0 radical (unpaired) electrons. The molecule has 0 amide bonds. The lowest BCUT2D eigenvalue weighted by atomic mass is 10.1. The van der Waals surface area contributed by atoms with E-state index in [2.05, 4.69) is 0 Å². The molecule has 0 aromatic heterocycles. The summed E-state index contributed by atoms with van der Waals surface area (Å²) in [6, 6.07) is 12.6. The minimum Gasteiger partial charge on any atom is -0.384 e. The van der Waals surface area contributed by atoms with Crippen molar-refractivity contribution in [3.63, 3.8) is 0 Å². The molecule has 0 spiro atoms. The fraction of sp³-hybridized carbons (Fsp3) is 0.188. The van der Waals surface area contributed by atoms with Gasteiger partial charge in [0.15, 0.2) is 0 Å². The second-order valence-electron chi connectivity index (χ2n) is 4.66. The summed E-state index contributed by atoms with van der Waals surface area (Å²) in [5.41, 5.74) is 8.33. The summed E-state index contributed by atoms with van der Waals surface area (Å²) in [4.78, 5) is 1.90. The molecule has 104 valence electrons. The monoisotopic (exact) mass is 271 g/mol. The highest BCUT2D eigenvalue weighted by Crippen LogP contribution is 2.28. The molecule has 0 aliphatic carbocycles. The quantitative estimate of drug-likeness (QED) is 0.659. The van der Waals surface area contributed by atoms with Crippen LogP contribution in [0.1, 0.15) is 18.1 Å². The van der Waals surface area contributed by atoms with Crippen molar-refractivity contribution < 1.29 is 4.39 Å². The second-order valence-corrected chi connectivity index (χ2v) is 4.66. The average molecular weight is 271 g/mol. The highest BCUT2D eigenvalue weighted by atomic mass is 19.1. The van der Waals surface area contributed by atoms with Gasteiger partial charge in [-0.2, -0.15) is 0 Å². The molecule has 0 atom stereocenters. The highest BCUT2D eigenvalue weighted by Gasteiger charge is 2.13. The number of hydrogen-bond donors (Lipinski definition) is 2. The fourth-order valence-electron chi connectivity index (χ4n) is 2.18. The molecule has 3 nitrogen and oxygen atoms in total. The van der Waals surface area contributed by atoms with Crippen LogP contribution in [-0.2, 0) is 0 Å². The Kier molecular flexibility index (Phi) is 4.03. The molecule has 0 aliphatic heterocycles. The largest absolute Gasteiger partial charge is 0.384 e. The van der Waals surface area contributed by atoms with Gasteiger partial charge in [-0.3, -0.25) is 5.41 Å². The summed E-state index contributed by atoms with van der Waals surface area (Å²) in [7, 11) is 0. The number of nitrogen functional groups attached to an aromatic ring is 1. The van der Waals surface area contributed by atoms with Gasteiger partial charge in [0.1, 0.15) is 11.7 Å². The number of nitrogens with zero attached hydrogens (tertiary/aromatic N) is 1. The van der Waals surface area contributed by atoms with Gasteiger partial charge in [-0.25, -0.2) is 4.39 Å². The van der Waals surface area contributed by atoms with Crippen LogP contribution in [0.25, 0.3) is 0 Å². The molecule has 3 N–H and O–H groups in total. The molecule has 20 heavy (non-hydrogen) atoms. The van der Waals surface area contributed by atoms with Gasteiger partial charge >= 0.3 is 0 Å². The van der Waals surface area contributed by atoms with Gasteiger partial charge in [-0.05, 0) is 49.7 Å². The minimum absolute atomic E-state index is 0.131. The maximum Gasteiger partial charge on any atom is 0.147 e. The molecular weight excluding hydrogens is 253 g/mol. The number of hydrogen-bond acceptors (Lipinski definition) is 2. The number of anilines is 2. The summed E-state index contributed by atoms with van der Waals surface area (Å²) in [5, 5.41) is 7.34. The van der Waals surface area contributed by atoms with Crippen LogP contribution in [0.15, 0.2) is 42.5 Å². The Bertz CT molecular complexity index is 637. The number of aryl methyl sites for hydroxylation is 1. The van der Waals surface area contributed by atoms with Gasteiger partial charge in [-0.15, -0.1) is 0 Å². The highest BCUT2D eigenvalue weighted by molar-refractivity contribution is 5.95. The second kappa shape index (κ2) is 5.74. The molecule has 0 aliphatic rings. The lowest BCUT2D eigenvalue weighted by Crippen LogP contribution is -2.18. The number of nitrogens with one attached hydrogen (secondary N) is 1. The molecule has 0 heterocycles. The third-order valence-corrected chi connectivity index (χ3v) is 3.18. The molecule has 2 rings (SSSR count). The van der Waals surface area contributed by atoms with Gasteiger partial charge in [0.05, 0.1) is 5.69 Å². The third kappa shape index (κ3) is 2.79. The fourth-order valence-corrected chi connectivity index (χ4v) is 2.18. The Morgan fingerprint density at radius 2 is 2.00 bits per heavy atom. The summed E-state index contributed by atoms with van der Waals surface area (Å²) < 4.78 is 14.2.